The number of nitrogens with one attached hydrogen (secondary N) is 1. The highest BCUT2D eigenvalue weighted by molar-refractivity contribution is 7.89. The molecule has 0 unspecified atom stereocenters. The van der Waals surface area contributed by atoms with Crippen LogP contribution in [0.25, 0.3) is 0 Å². The molecule has 100 valence electrons. The van der Waals surface area contributed by atoms with E-state index in [1.165, 1.54) is 35.8 Å². The van der Waals surface area contributed by atoms with E-state index < -0.39 is 10.0 Å². The summed E-state index contributed by atoms with van der Waals surface area (Å²) in [5, 5.41) is 7.60. The lowest BCUT2D eigenvalue weighted by molar-refractivity contribution is 0.102. The summed E-state index contributed by atoms with van der Waals surface area (Å²) >= 11 is 1.24. The minimum absolute atomic E-state index is 0.00463. The van der Waals surface area contributed by atoms with Crippen molar-refractivity contribution < 1.29 is 13.2 Å². The molecule has 0 saturated heterocycles. The van der Waals surface area contributed by atoms with Gasteiger partial charge in [0.25, 0.3) is 5.91 Å². The molecular formula is C11H11N3O3S2. The maximum Gasteiger partial charge on any atom is 0.275 e. The van der Waals surface area contributed by atoms with Crippen molar-refractivity contribution in [1.82, 2.24) is 4.37 Å². The zero-order chi connectivity index (χ0) is 14.0. The molecule has 0 aliphatic heterocycles. The largest absolute Gasteiger partial charge is 0.321 e. The molecule has 0 atom stereocenters. The molecule has 0 fully saturated rings. The number of carbonyl (C=O) groups is 1. The van der Waals surface area contributed by atoms with Gasteiger partial charge in [0.1, 0.15) is 5.69 Å². The number of amides is 1. The number of hydrogen-bond donors (Lipinski definition) is 2. The first kappa shape index (κ1) is 13.7. The fourth-order valence-electron chi connectivity index (χ4n) is 1.40. The number of aryl methyl sites for hydroxylation is 1. The van der Waals surface area contributed by atoms with E-state index in [0.717, 1.165) is 4.88 Å². The van der Waals surface area contributed by atoms with E-state index >= 15 is 0 Å². The quantitative estimate of drug-likeness (QED) is 0.892. The molecule has 8 heteroatoms. The first-order valence-corrected chi connectivity index (χ1v) is 7.56. The third-order valence-electron chi connectivity index (χ3n) is 2.30. The number of nitrogens with zero attached hydrogens (tertiary/aromatic N) is 1. The van der Waals surface area contributed by atoms with Gasteiger partial charge in [-0.15, -0.1) is 0 Å². The van der Waals surface area contributed by atoms with Crippen LogP contribution in [0.5, 0.6) is 0 Å². The van der Waals surface area contributed by atoms with Gasteiger partial charge in [-0.2, -0.15) is 4.37 Å². The fraction of sp³-hybridized carbons (Fsp3) is 0.0909. The Morgan fingerprint density at radius 1 is 1.32 bits per heavy atom. The average Bonchev–Trinajstić information content (AvgIpc) is 2.75. The molecule has 2 aromatic rings. The van der Waals surface area contributed by atoms with Crippen LogP contribution in [0.2, 0.25) is 0 Å². The second-order valence-electron chi connectivity index (χ2n) is 3.85. The summed E-state index contributed by atoms with van der Waals surface area (Å²) in [4.78, 5) is 12.7. The number of carbonyl (C=O) groups excluding carboxylic acids is 1. The standard InChI is InChI=1S/C11H11N3O3S2/c1-7-6-10(14-18-7)11(15)13-8-2-4-9(5-3-8)19(12,16)17/h2-6H,1H3,(H,13,15)(H2,12,16,17). The maximum absolute atomic E-state index is 11.8. The monoisotopic (exact) mass is 297 g/mol. The molecular weight excluding hydrogens is 286 g/mol. The van der Waals surface area contributed by atoms with Gasteiger partial charge in [-0.25, -0.2) is 13.6 Å². The summed E-state index contributed by atoms with van der Waals surface area (Å²) < 4.78 is 26.1. The van der Waals surface area contributed by atoms with E-state index in [2.05, 4.69) is 9.69 Å². The normalized spacial score (nSPS) is 11.3. The van der Waals surface area contributed by atoms with Gasteiger partial charge in [0.2, 0.25) is 10.0 Å². The zero-order valence-corrected chi connectivity index (χ0v) is 11.6. The second-order valence-corrected chi connectivity index (χ2v) is 6.42. The van der Waals surface area contributed by atoms with Crippen molar-refractivity contribution in [3.63, 3.8) is 0 Å². The Balaban J connectivity index is 2.14. The number of aromatic nitrogens is 1. The average molecular weight is 297 g/mol. The number of sulfonamides is 1. The summed E-state index contributed by atoms with van der Waals surface area (Å²) in [5.74, 6) is -0.340. The lowest BCUT2D eigenvalue weighted by Crippen LogP contribution is -2.14. The van der Waals surface area contributed by atoms with Gasteiger partial charge in [-0.05, 0) is 48.8 Å². The van der Waals surface area contributed by atoms with Gasteiger partial charge >= 0.3 is 0 Å². The summed E-state index contributed by atoms with van der Waals surface area (Å²) in [6, 6.07) is 7.28. The molecule has 3 N–H and O–H groups in total. The van der Waals surface area contributed by atoms with Crippen LogP contribution in [-0.4, -0.2) is 18.7 Å². The van der Waals surface area contributed by atoms with E-state index in [9.17, 15) is 13.2 Å². The minimum atomic E-state index is -3.72. The van der Waals surface area contributed by atoms with E-state index in [0.29, 0.717) is 11.4 Å². The second kappa shape index (κ2) is 5.08. The van der Waals surface area contributed by atoms with Gasteiger partial charge in [0, 0.05) is 10.6 Å². The molecule has 1 aromatic heterocycles. The molecule has 0 bridgehead atoms. The summed E-state index contributed by atoms with van der Waals surface area (Å²) in [5.41, 5.74) is 0.807. The first-order chi connectivity index (χ1) is 8.86. The van der Waals surface area contributed by atoms with Crippen LogP contribution in [0.4, 0.5) is 5.69 Å². The minimum Gasteiger partial charge on any atom is -0.321 e. The zero-order valence-electron chi connectivity index (χ0n) is 9.95. The third kappa shape index (κ3) is 3.37. The lowest BCUT2D eigenvalue weighted by atomic mass is 10.3. The van der Waals surface area contributed by atoms with Crippen LogP contribution < -0.4 is 10.5 Å². The number of hydrogen-bond acceptors (Lipinski definition) is 5. The summed E-state index contributed by atoms with van der Waals surface area (Å²) in [7, 11) is -3.72. The molecule has 1 heterocycles. The third-order valence-corrected chi connectivity index (χ3v) is 3.92. The predicted molar refractivity (Wildman–Crippen MR) is 72.6 cm³/mol. The Bertz CT molecular complexity index is 705. The van der Waals surface area contributed by atoms with Crippen LogP contribution in [-0.2, 0) is 10.0 Å². The van der Waals surface area contributed by atoms with Crippen LogP contribution >= 0.6 is 11.5 Å². The Labute approximate surface area is 114 Å². The summed E-state index contributed by atoms with van der Waals surface area (Å²) in [6.07, 6.45) is 0. The van der Waals surface area contributed by atoms with Gasteiger partial charge in [-0.1, -0.05) is 0 Å². The lowest BCUT2D eigenvalue weighted by Gasteiger charge is -2.04. The topological polar surface area (TPSA) is 102 Å². The number of anilines is 1. The number of primary sulfonamides is 1. The molecule has 0 saturated carbocycles. The van der Waals surface area contributed by atoms with Gasteiger partial charge in [-0.3, -0.25) is 4.79 Å². The van der Waals surface area contributed by atoms with Gasteiger partial charge in [0.05, 0.1) is 4.90 Å². The van der Waals surface area contributed by atoms with Gasteiger partial charge in [0.15, 0.2) is 0 Å². The van der Waals surface area contributed by atoms with Crippen molar-refractivity contribution in [3.05, 3.63) is 40.9 Å². The Morgan fingerprint density at radius 2 is 1.95 bits per heavy atom. The van der Waals surface area contributed by atoms with Crippen molar-refractivity contribution in [2.75, 3.05) is 5.32 Å². The maximum atomic E-state index is 11.8. The molecule has 1 amide bonds. The molecule has 19 heavy (non-hydrogen) atoms. The molecule has 0 spiro atoms. The number of rotatable bonds is 3. The highest BCUT2D eigenvalue weighted by Gasteiger charge is 2.11. The van der Waals surface area contributed by atoms with E-state index in [1.54, 1.807) is 6.07 Å². The SMILES string of the molecule is Cc1cc(C(=O)Nc2ccc(S(N)(=O)=O)cc2)ns1. The molecule has 0 aliphatic rings. The molecule has 1 aromatic carbocycles. The fourth-order valence-corrected chi connectivity index (χ4v) is 2.45. The number of benzene rings is 1. The van der Waals surface area contributed by atoms with Crippen molar-refractivity contribution in [3.8, 4) is 0 Å². The van der Waals surface area contributed by atoms with Crippen molar-refractivity contribution in [1.29, 1.82) is 0 Å². The highest BCUT2D eigenvalue weighted by Crippen LogP contribution is 2.15. The smallest absolute Gasteiger partial charge is 0.275 e. The van der Waals surface area contributed by atoms with Crippen molar-refractivity contribution in [2.24, 2.45) is 5.14 Å². The molecule has 0 radical (unpaired) electrons. The van der Waals surface area contributed by atoms with Crippen molar-refractivity contribution in [2.45, 2.75) is 11.8 Å². The molecule has 0 aliphatic carbocycles. The molecule has 6 nitrogen and oxygen atoms in total. The van der Waals surface area contributed by atoms with Crippen molar-refractivity contribution >= 4 is 33.2 Å². The number of nitrogens with two attached hydrogens (primary N) is 1. The van der Waals surface area contributed by atoms with Crippen LogP contribution in [0.1, 0.15) is 15.4 Å². The summed E-state index contributed by atoms with van der Waals surface area (Å²) in [6.45, 7) is 1.86. The Morgan fingerprint density at radius 3 is 2.42 bits per heavy atom. The van der Waals surface area contributed by atoms with Crippen LogP contribution in [0, 0.1) is 6.92 Å². The van der Waals surface area contributed by atoms with Crippen LogP contribution in [0.15, 0.2) is 35.2 Å². The molecule has 2 rings (SSSR count). The Hall–Kier alpha value is -1.77. The van der Waals surface area contributed by atoms with E-state index in [4.69, 9.17) is 5.14 Å². The van der Waals surface area contributed by atoms with E-state index in [1.807, 2.05) is 6.92 Å². The van der Waals surface area contributed by atoms with E-state index in [-0.39, 0.29) is 10.8 Å². The Kier molecular flexibility index (Phi) is 3.65. The first-order valence-electron chi connectivity index (χ1n) is 5.24. The van der Waals surface area contributed by atoms with Gasteiger partial charge < -0.3 is 5.32 Å². The van der Waals surface area contributed by atoms with Crippen LogP contribution in [0.3, 0.4) is 0 Å². The predicted octanol–water partition coefficient (Wildman–Crippen LogP) is 1.35. The highest BCUT2D eigenvalue weighted by atomic mass is 32.2.